The quantitative estimate of drug-likeness (QED) is 0.776. The first kappa shape index (κ1) is 10.7. The van der Waals surface area contributed by atoms with Crippen LogP contribution < -0.4 is 5.32 Å². The Morgan fingerprint density at radius 3 is 3.22 bits per heavy atom. The zero-order valence-electron chi connectivity index (χ0n) is 10.3. The maximum absolute atomic E-state index is 4.90. The number of para-hydroxylation sites is 1. The fraction of sp³-hybridized carbons (Fsp3) is 0.400. The second-order valence-electron chi connectivity index (χ2n) is 5.04. The van der Waals surface area contributed by atoms with Crippen molar-refractivity contribution >= 4 is 28.4 Å². The fourth-order valence-corrected chi connectivity index (χ4v) is 4.41. The lowest BCUT2D eigenvalue weighted by molar-refractivity contribution is 0.663. The van der Waals surface area contributed by atoms with E-state index in [1.54, 1.807) is 0 Å². The number of anilines is 1. The third kappa shape index (κ3) is 1.53. The molecule has 2 nitrogen and oxygen atoms in total. The van der Waals surface area contributed by atoms with E-state index in [1.807, 2.05) is 0 Å². The highest BCUT2D eigenvalue weighted by molar-refractivity contribution is 7.99. The molecule has 0 radical (unpaired) electrons. The Balaban J connectivity index is 2.07. The maximum atomic E-state index is 4.90. The van der Waals surface area contributed by atoms with Crippen molar-refractivity contribution < 1.29 is 0 Å². The molecule has 4 rings (SSSR count). The number of fused-ring (bicyclic) bond motifs is 2. The number of hydrogen-bond acceptors (Lipinski definition) is 3. The first-order valence-corrected chi connectivity index (χ1v) is 7.75. The molecule has 18 heavy (non-hydrogen) atoms. The molecule has 0 amide bonds. The number of aromatic nitrogens is 1. The van der Waals surface area contributed by atoms with Crippen LogP contribution >= 0.6 is 11.8 Å². The van der Waals surface area contributed by atoms with Crippen LogP contribution in [0.4, 0.5) is 5.69 Å². The molecule has 1 N–H and O–H groups in total. The first-order chi connectivity index (χ1) is 8.93. The molecule has 1 unspecified atom stereocenters. The fourth-order valence-electron chi connectivity index (χ4n) is 3.15. The van der Waals surface area contributed by atoms with Gasteiger partial charge in [0.15, 0.2) is 0 Å². The molecule has 1 aliphatic heterocycles. The molecule has 0 fully saturated rings. The van der Waals surface area contributed by atoms with Crippen molar-refractivity contribution in [2.24, 2.45) is 0 Å². The number of thioether (sulfide) groups is 1. The molecule has 3 heteroatoms. The number of nitrogens with one attached hydrogen (secondary N) is 1. The van der Waals surface area contributed by atoms with Gasteiger partial charge in [0.25, 0.3) is 0 Å². The number of pyridine rings is 1. The van der Waals surface area contributed by atoms with E-state index in [2.05, 4.69) is 41.3 Å². The molecular formula is C15H16N2S. The summed E-state index contributed by atoms with van der Waals surface area (Å²) in [6.45, 7) is 1.07. The van der Waals surface area contributed by atoms with E-state index < -0.39 is 0 Å². The second-order valence-corrected chi connectivity index (χ2v) is 6.35. The summed E-state index contributed by atoms with van der Waals surface area (Å²) in [7, 11) is 0. The van der Waals surface area contributed by atoms with E-state index in [0.29, 0.717) is 5.25 Å². The van der Waals surface area contributed by atoms with Gasteiger partial charge in [-0.2, -0.15) is 11.8 Å². The molecule has 1 atom stereocenters. The zero-order chi connectivity index (χ0) is 11.9. The predicted octanol–water partition coefficient (Wildman–Crippen LogP) is 3.77. The van der Waals surface area contributed by atoms with Crippen molar-refractivity contribution in [2.75, 3.05) is 17.6 Å². The van der Waals surface area contributed by atoms with E-state index in [-0.39, 0.29) is 0 Å². The highest BCUT2D eigenvalue weighted by Gasteiger charge is 2.28. The Morgan fingerprint density at radius 1 is 1.28 bits per heavy atom. The van der Waals surface area contributed by atoms with Crippen molar-refractivity contribution in [1.29, 1.82) is 0 Å². The molecule has 2 aliphatic rings. The van der Waals surface area contributed by atoms with Crippen LogP contribution in [0.25, 0.3) is 10.9 Å². The predicted molar refractivity (Wildman–Crippen MR) is 78.4 cm³/mol. The standard InChI is InChI=1S/C15H16N2S/c1-2-5-11-10(4-1)15-14-12(17-11)6-3-7-13(14)18-9-8-16-15/h1-2,4-5,13,16H,3,6-9H2. The number of rotatable bonds is 0. The Labute approximate surface area is 111 Å². The molecule has 0 saturated heterocycles. The SMILES string of the molecule is c1ccc2c3c4c(nc2c1)CCCC4SCCN3. The van der Waals surface area contributed by atoms with Crippen LogP contribution in [0.3, 0.4) is 0 Å². The van der Waals surface area contributed by atoms with Gasteiger partial charge in [0.1, 0.15) is 0 Å². The van der Waals surface area contributed by atoms with Gasteiger partial charge in [0.05, 0.1) is 5.52 Å². The molecule has 1 aliphatic carbocycles. The van der Waals surface area contributed by atoms with Gasteiger partial charge in [-0.25, -0.2) is 0 Å². The number of nitrogens with zero attached hydrogens (tertiary/aromatic N) is 1. The van der Waals surface area contributed by atoms with Crippen molar-refractivity contribution in [3.8, 4) is 0 Å². The summed E-state index contributed by atoms with van der Waals surface area (Å²) < 4.78 is 0. The smallest absolute Gasteiger partial charge is 0.0726 e. The molecular weight excluding hydrogens is 240 g/mol. The Morgan fingerprint density at radius 2 is 2.22 bits per heavy atom. The number of aryl methyl sites for hydroxylation is 1. The van der Waals surface area contributed by atoms with Crippen molar-refractivity contribution in [1.82, 2.24) is 4.98 Å². The normalized spacial score (nSPS) is 22.1. The van der Waals surface area contributed by atoms with E-state index >= 15 is 0 Å². The van der Waals surface area contributed by atoms with Crippen LogP contribution in [0.1, 0.15) is 29.3 Å². The molecule has 1 aromatic heterocycles. The van der Waals surface area contributed by atoms with Crippen LogP contribution in [0.5, 0.6) is 0 Å². The summed E-state index contributed by atoms with van der Waals surface area (Å²) >= 11 is 2.10. The largest absolute Gasteiger partial charge is 0.383 e. The van der Waals surface area contributed by atoms with Gasteiger partial charge < -0.3 is 5.32 Å². The van der Waals surface area contributed by atoms with Gasteiger partial charge in [-0.1, -0.05) is 18.2 Å². The van der Waals surface area contributed by atoms with Gasteiger partial charge in [-0.3, -0.25) is 4.98 Å². The number of benzene rings is 1. The lowest BCUT2D eigenvalue weighted by atomic mass is 9.92. The third-order valence-corrected chi connectivity index (χ3v) is 5.25. The Hall–Kier alpha value is -1.22. The van der Waals surface area contributed by atoms with Gasteiger partial charge in [0.2, 0.25) is 0 Å². The lowest BCUT2D eigenvalue weighted by Gasteiger charge is -2.25. The van der Waals surface area contributed by atoms with Crippen LogP contribution in [-0.2, 0) is 6.42 Å². The average molecular weight is 256 g/mol. The van der Waals surface area contributed by atoms with Crippen LogP contribution in [0.15, 0.2) is 24.3 Å². The van der Waals surface area contributed by atoms with Gasteiger partial charge in [-0.05, 0) is 25.3 Å². The van der Waals surface area contributed by atoms with Crippen LogP contribution in [-0.4, -0.2) is 17.3 Å². The molecule has 92 valence electrons. The van der Waals surface area contributed by atoms with E-state index in [4.69, 9.17) is 4.98 Å². The summed E-state index contributed by atoms with van der Waals surface area (Å²) in [6, 6.07) is 8.53. The second kappa shape index (κ2) is 4.16. The zero-order valence-corrected chi connectivity index (χ0v) is 11.1. The van der Waals surface area contributed by atoms with E-state index in [9.17, 15) is 0 Å². The summed E-state index contributed by atoms with van der Waals surface area (Å²) in [5.74, 6) is 1.20. The van der Waals surface area contributed by atoms with E-state index in [1.165, 1.54) is 40.9 Å². The molecule has 0 spiro atoms. The minimum atomic E-state index is 0.663. The molecule has 2 aromatic rings. The summed E-state index contributed by atoms with van der Waals surface area (Å²) in [5.41, 5.74) is 5.35. The Bertz CT molecular complexity index is 609. The minimum Gasteiger partial charge on any atom is -0.383 e. The third-order valence-electron chi connectivity index (χ3n) is 3.93. The van der Waals surface area contributed by atoms with Gasteiger partial charge in [-0.15, -0.1) is 0 Å². The average Bonchev–Trinajstić information content (AvgIpc) is 2.63. The molecule has 0 bridgehead atoms. The number of hydrogen-bond donors (Lipinski definition) is 1. The molecule has 2 heterocycles. The van der Waals surface area contributed by atoms with Gasteiger partial charge >= 0.3 is 0 Å². The van der Waals surface area contributed by atoms with Crippen LogP contribution in [0, 0.1) is 0 Å². The van der Waals surface area contributed by atoms with Gasteiger partial charge in [0, 0.05) is 39.9 Å². The minimum absolute atomic E-state index is 0.663. The summed E-state index contributed by atoms with van der Waals surface area (Å²) in [6.07, 6.45) is 3.74. The first-order valence-electron chi connectivity index (χ1n) is 6.70. The highest BCUT2D eigenvalue weighted by atomic mass is 32.2. The van der Waals surface area contributed by atoms with Crippen molar-refractivity contribution in [3.05, 3.63) is 35.5 Å². The topological polar surface area (TPSA) is 24.9 Å². The van der Waals surface area contributed by atoms with Crippen LogP contribution in [0.2, 0.25) is 0 Å². The Kier molecular flexibility index (Phi) is 2.47. The summed E-state index contributed by atoms with van der Waals surface area (Å²) in [4.78, 5) is 4.90. The van der Waals surface area contributed by atoms with E-state index in [0.717, 1.165) is 18.5 Å². The molecule has 1 aromatic carbocycles. The lowest BCUT2D eigenvalue weighted by Crippen LogP contribution is -2.11. The summed E-state index contributed by atoms with van der Waals surface area (Å²) in [5, 5.41) is 5.61. The molecule has 0 saturated carbocycles. The van der Waals surface area contributed by atoms with Crippen molar-refractivity contribution in [3.63, 3.8) is 0 Å². The monoisotopic (exact) mass is 256 g/mol. The van der Waals surface area contributed by atoms with Crippen molar-refractivity contribution in [2.45, 2.75) is 24.5 Å². The maximum Gasteiger partial charge on any atom is 0.0726 e. The highest BCUT2D eigenvalue weighted by Crippen LogP contribution is 2.46.